The van der Waals surface area contributed by atoms with Crippen LogP contribution in [-0.4, -0.2) is 41.9 Å². The molecule has 0 bridgehead atoms. The number of rotatable bonds is 7. The van der Waals surface area contributed by atoms with Gasteiger partial charge >= 0.3 is 6.18 Å². The van der Waals surface area contributed by atoms with Crippen LogP contribution in [0.2, 0.25) is 0 Å². The van der Waals surface area contributed by atoms with Crippen molar-refractivity contribution >= 4 is 11.6 Å². The van der Waals surface area contributed by atoms with Crippen LogP contribution in [0.5, 0.6) is 0 Å². The minimum absolute atomic E-state index is 0.158. The second-order valence-corrected chi connectivity index (χ2v) is 9.84. The molecule has 9 heteroatoms. The Labute approximate surface area is 225 Å². The van der Waals surface area contributed by atoms with Crippen molar-refractivity contribution in [2.24, 2.45) is 5.73 Å². The number of hydrogen-bond donors (Lipinski definition) is 2. The van der Waals surface area contributed by atoms with Crippen LogP contribution in [-0.2, 0) is 11.0 Å². The summed E-state index contributed by atoms with van der Waals surface area (Å²) in [5.74, 6) is -0.547. The van der Waals surface area contributed by atoms with Gasteiger partial charge in [-0.15, -0.1) is 0 Å². The highest BCUT2D eigenvalue weighted by molar-refractivity contribution is 5.75. The van der Waals surface area contributed by atoms with Crippen molar-refractivity contribution in [3.63, 3.8) is 0 Å². The normalized spacial score (nSPS) is 14.8. The van der Waals surface area contributed by atoms with E-state index in [1.807, 2.05) is 54.1 Å². The lowest BCUT2D eigenvalue weighted by atomic mass is 10.00. The number of nitrogens with two attached hydrogens (primary N) is 1. The van der Waals surface area contributed by atoms with E-state index in [1.54, 1.807) is 0 Å². The van der Waals surface area contributed by atoms with E-state index in [1.165, 1.54) is 12.1 Å². The van der Waals surface area contributed by atoms with Gasteiger partial charge in [0, 0.05) is 49.8 Å². The van der Waals surface area contributed by atoms with Crippen LogP contribution < -0.4 is 16.0 Å². The van der Waals surface area contributed by atoms with Gasteiger partial charge in [-0.25, -0.2) is 4.68 Å². The molecule has 3 aromatic carbocycles. The van der Waals surface area contributed by atoms with Crippen molar-refractivity contribution in [2.45, 2.75) is 25.4 Å². The number of nitrogens with one attached hydrogen (secondary N) is 1. The van der Waals surface area contributed by atoms with Gasteiger partial charge in [-0.1, -0.05) is 43.3 Å². The molecular formula is C30H30F3N5O. The number of amides is 1. The van der Waals surface area contributed by atoms with Gasteiger partial charge in [0.2, 0.25) is 5.91 Å². The van der Waals surface area contributed by atoms with Crippen LogP contribution in [0.3, 0.4) is 0 Å². The van der Waals surface area contributed by atoms with Crippen LogP contribution >= 0.6 is 0 Å². The predicted molar refractivity (Wildman–Crippen MR) is 147 cm³/mol. The summed E-state index contributed by atoms with van der Waals surface area (Å²) in [5, 5.41) is 8.21. The minimum Gasteiger partial charge on any atom is -0.370 e. The molecule has 0 aliphatic carbocycles. The summed E-state index contributed by atoms with van der Waals surface area (Å²) in [7, 11) is 0. The first kappa shape index (κ1) is 26.5. The Balaban J connectivity index is 1.47. The average molecular weight is 534 g/mol. The van der Waals surface area contributed by atoms with E-state index < -0.39 is 11.7 Å². The summed E-state index contributed by atoms with van der Waals surface area (Å²) in [6, 6.07) is 23.0. The number of carbonyl (C=O) groups is 1. The SMILES string of the molecule is CC(CC(N)=O)c1cc(-c2ccc(-c3ccc(C(F)(F)F)cc3)cc2)n(-c2ccc(N3CCNCC3)cc2)n1. The maximum atomic E-state index is 12.9. The molecule has 2 heterocycles. The standard InChI is InChI=1S/C30H30F3N5O/c1-20(18-29(34)39)27-19-28(38(36-27)26-12-10-25(11-13-26)37-16-14-35-15-17-37)23-4-2-21(3-5-23)22-6-8-24(9-7-22)30(31,32)33/h2-13,19-20,35H,14-18H2,1H3,(H2,34,39). The molecule has 5 rings (SSSR count). The summed E-state index contributed by atoms with van der Waals surface area (Å²) in [4.78, 5) is 13.9. The van der Waals surface area contributed by atoms with E-state index in [0.717, 1.165) is 72.2 Å². The van der Waals surface area contributed by atoms with E-state index in [4.69, 9.17) is 10.8 Å². The molecule has 4 aromatic rings. The number of hydrogen-bond acceptors (Lipinski definition) is 4. The van der Waals surface area contributed by atoms with Gasteiger partial charge in [-0.05, 0) is 53.6 Å². The van der Waals surface area contributed by atoms with Crippen molar-refractivity contribution in [1.29, 1.82) is 0 Å². The molecule has 1 aliphatic heterocycles. The molecule has 0 spiro atoms. The summed E-state index contributed by atoms with van der Waals surface area (Å²) < 4.78 is 40.7. The number of carbonyl (C=O) groups excluding carboxylic acids is 1. The summed E-state index contributed by atoms with van der Waals surface area (Å²) >= 11 is 0. The Kier molecular flexibility index (Phi) is 7.43. The van der Waals surface area contributed by atoms with E-state index >= 15 is 0 Å². The van der Waals surface area contributed by atoms with Gasteiger partial charge in [-0.3, -0.25) is 4.79 Å². The summed E-state index contributed by atoms with van der Waals surface area (Å²) in [6.07, 6.45) is -4.18. The summed E-state index contributed by atoms with van der Waals surface area (Å²) in [5.41, 5.74) is 10.8. The Morgan fingerprint density at radius 1 is 0.897 bits per heavy atom. The number of benzene rings is 3. The third kappa shape index (κ3) is 5.98. The average Bonchev–Trinajstić information content (AvgIpc) is 3.39. The molecule has 1 saturated heterocycles. The Morgan fingerprint density at radius 2 is 1.44 bits per heavy atom. The molecule has 1 fully saturated rings. The predicted octanol–water partition coefficient (Wildman–Crippen LogP) is 5.61. The Bertz CT molecular complexity index is 1420. The van der Waals surface area contributed by atoms with Gasteiger partial charge < -0.3 is 16.0 Å². The van der Waals surface area contributed by atoms with E-state index in [-0.39, 0.29) is 18.2 Å². The minimum atomic E-state index is -4.37. The first-order valence-corrected chi connectivity index (χ1v) is 12.9. The van der Waals surface area contributed by atoms with E-state index in [0.29, 0.717) is 5.56 Å². The van der Waals surface area contributed by atoms with Crippen LogP contribution in [0.25, 0.3) is 28.1 Å². The van der Waals surface area contributed by atoms with Gasteiger partial charge in [0.15, 0.2) is 0 Å². The molecule has 0 saturated carbocycles. The maximum Gasteiger partial charge on any atom is 0.416 e. The monoisotopic (exact) mass is 533 g/mol. The molecule has 3 N–H and O–H groups in total. The molecule has 1 aliphatic rings. The number of halogens is 3. The molecule has 1 aromatic heterocycles. The van der Waals surface area contributed by atoms with Gasteiger partial charge in [0.25, 0.3) is 0 Å². The molecule has 6 nitrogen and oxygen atoms in total. The molecule has 1 unspecified atom stereocenters. The van der Waals surface area contributed by atoms with Crippen LogP contribution in [0.1, 0.15) is 30.5 Å². The number of nitrogens with zero attached hydrogens (tertiary/aromatic N) is 3. The lowest BCUT2D eigenvalue weighted by Gasteiger charge is -2.29. The fourth-order valence-corrected chi connectivity index (χ4v) is 4.86. The largest absolute Gasteiger partial charge is 0.416 e. The fraction of sp³-hybridized carbons (Fsp3) is 0.267. The Hall–Kier alpha value is -4.11. The van der Waals surface area contributed by atoms with Crippen LogP contribution in [0, 0.1) is 0 Å². The third-order valence-corrected chi connectivity index (χ3v) is 7.04. The number of anilines is 1. The highest BCUT2D eigenvalue weighted by Crippen LogP contribution is 2.33. The molecule has 1 atom stereocenters. The highest BCUT2D eigenvalue weighted by atomic mass is 19.4. The molecule has 202 valence electrons. The maximum absolute atomic E-state index is 12.9. The zero-order valence-electron chi connectivity index (χ0n) is 21.6. The summed E-state index contributed by atoms with van der Waals surface area (Å²) in [6.45, 7) is 5.73. The van der Waals surface area contributed by atoms with Crippen LogP contribution in [0.15, 0.2) is 78.9 Å². The zero-order chi connectivity index (χ0) is 27.6. The second-order valence-electron chi connectivity index (χ2n) is 9.84. The second kappa shape index (κ2) is 10.9. The van der Waals surface area contributed by atoms with E-state index in [9.17, 15) is 18.0 Å². The lowest BCUT2D eigenvalue weighted by molar-refractivity contribution is -0.137. The molecular weight excluding hydrogens is 503 g/mol. The first-order chi connectivity index (χ1) is 18.7. The number of piperazine rings is 1. The van der Waals surface area contributed by atoms with Gasteiger partial charge in [0.1, 0.15) is 0 Å². The fourth-order valence-electron chi connectivity index (χ4n) is 4.86. The van der Waals surface area contributed by atoms with Crippen molar-refractivity contribution in [3.05, 3.63) is 90.1 Å². The van der Waals surface area contributed by atoms with Crippen molar-refractivity contribution in [2.75, 3.05) is 31.1 Å². The smallest absolute Gasteiger partial charge is 0.370 e. The molecule has 0 radical (unpaired) electrons. The lowest BCUT2D eigenvalue weighted by Crippen LogP contribution is -2.43. The number of aromatic nitrogens is 2. The number of primary amides is 1. The first-order valence-electron chi connectivity index (χ1n) is 12.9. The van der Waals surface area contributed by atoms with Gasteiger partial charge in [-0.2, -0.15) is 18.3 Å². The number of alkyl halides is 3. The molecule has 39 heavy (non-hydrogen) atoms. The quantitative estimate of drug-likeness (QED) is 0.324. The van der Waals surface area contributed by atoms with Crippen molar-refractivity contribution in [1.82, 2.24) is 15.1 Å². The van der Waals surface area contributed by atoms with Crippen molar-refractivity contribution in [3.8, 4) is 28.1 Å². The topological polar surface area (TPSA) is 76.2 Å². The van der Waals surface area contributed by atoms with Crippen molar-refractivity contribution < 1.29 is 18.0 Å². The zero-order valence-corrected chi connectivity index (χ0v) is 21.6. The van der Waals surface area contributed by atoms with Gasteiger partial charge in [0.05, 0.1) is 22.6 Å². The van der Waals surface area contributed by atoms with E-state index in [2.05, 4.69) is 22.3 Å². The third-order valence-electron chi connectivity index (χ3n) is 7.04. The molecule has 1 amide bonds. The Morgan fingerprint density at radius 3 is 2.00 bits per heavy atom. The highest BCUT2D eigenvalue weighted by Gasteiger charge is 2.30. The van der Waals surface area contributed by atoms with Crippen LogP contribution in [0.4, 0.5) is 18.9 Å².